The average Bonchev–Trinajstić information content (AvgIpc) is 2.78. The Bertz CT molecular complexity index is 366. The Hall–Kier alpha value is -1.10. The fourth-order valence-corrected chi connectivity index (χ4v) is 2.88. The molecule has 0 bridgehead atoms. The summed E-state index contributed by atoms with van der Waals surface area (Å²) in [6, 6.07) is 0.00359. The van der Waals surface area contributed by atoms with Crippen LogP contribution in [-0.4, -0.2) is 34.2 Å². The first-order valence-corrected chi connectivity index (χ1v) is 6.53. The van der Waals surface area contributed by atoms with Crippen LogP contribution >= 0.6 is 0 Å². The molecule has 0 spiro atoms. The molecular weight excluding hydrogens is 234 g/mol. The molecule has 1 amide bonds. The summed E-state index contributed by atoms with van der Waals surface area (Å²) in [5.41, 5.74) is -0.277. The summed E-state index contributed by atoms with van der Waals surface area (Å²) in [7, 11) is 0. The molecule has 0 aromatic heterocycles. The van der Waals surface area contributed by atoms with E-state index >= 15 is 0 Å². The first kappa shape index (κ1) is 13.3. The molecule has 2 unspecified atom stereocenters. The minimum absolute atomic E-state index is 0.00359. The standard InChI is InChI=1S/C13H21NO4/c1-13(2)9(6-10(13)15)14-11(16)7-3-4-8(5-7)12(17)18/h7-10,15H,3-6H2,1-2H3,(H,14,16)(H,17,18)/t7-,8+,9?,10?/m1/s1. The summed E-state index contributed by atoms with van der Waals surface area (Å²) < 4.78 is 0. The van der Waals surface area contributed by atoms with Gasteiger partial charge in [0.25, 0.3) is 0 Å². The Morgan fingerprint density at radius 2 is 1.78 bits per heavy atom. The maximum atomic E-state index is 12.0. The second kappa shape index (κ2) is 4.53. The van der Waals surface area contributed by atoms with E-state index < -0.39 is 5.97 Å². The zero-order valence-electron chi connectivity index (χ0n) is 10.8. The van der Waals surface area contributed by atoms with Crippen molar-refractivity contribution in [2.24, 2.45) is 17.3 Å². The van der Waals surface area contributed by atoms with Gasteiger partial charge in [-0.2, -0.15) is 0 Å². The molecule has 18 heavy (non-hydrogen) atoms. The van der Waals surface area contributed by atoms with Gasteiger partial charge in [0.2, 0.25) is 5.91 Å². The fourth-order valence-electron chi connectivity index (χ4n) is 2.88. The molecule has 2 fully saturated rings. The lowest BCUT2D eigenvalue weighted by Crippen LogP contribution is -2.61. The number of carbonyl (C=O) groups excluding carboxylic acids is 1. The third kappa shape index (κ3) is 2.23. The van der Waals surface area contributed by atoms with Crippen LogP contribution < -0.4 is 5.32 Å². The predicted octanol–water partition coefficient (Wildman–Crippen LogP) is 0.763. The number of aliphatic hydroxyl groups is 1. The van der Waals surface area contributed by atoms with Crippen molar-refractivity contribution < 1.29 is 19.8 Å². The molecule has 3 N–H and O–H groups in total. The van der Waals surface area contributed by atoms with Crippen molar-refractivity contribution in [2.75, 3.05) is 0 Å². The molecule has 0 aromatic carbocycles. The van der Waals surface area contributed by atoms with Crippen molar-refractivity contribution in [3.63, 3.8) is 0 Å². The third-order valence-electron chi connectivity index (χ3n) is 4.69. The van der Waals surface area contributed by atoms with Gasteiger partial charge >= 0.3 is 5.97 Å². The highest BCUT2D eigenvalue weighted by Crippen LogP contribution is 2.41. The molecule has 2 saturated carbocycles. The van der Waals surface area contributed by atoms with Gasteiger partial charge in [-0.3, -0.25) is 9.59 Å². The van der Waals surface area contributed by atoms with Crippen LogP contribution in [0.15, 0.2) is 0 Å². The van der Waals surface area contributed by atoms with Gasteiger partial charge < -0.3 is 15.5 Å². The molecule has 5 heteroatoms. The summed E-state index contributed by atoms with van der Waals surface area (Å²) in [5.74, 6) is -1.41. The number of aliphatic hydroxyl groups excluding tert-OH is 1. The van der Waals surface area contributed by atoms with Crippen LogP contribution in [0.3, 0.4) is 0 Å². The molecule has 0 radical (unpaired) electrons. The van der Waals surface area contributed by atoms with E-state index in [1.54, 1.807) is 0 Å². The highest BCUT2D eigenvalue weighted by molar-refractivity contribution is 5.81. The smallest absolute Gasteiger partial charge is 0.306 e. The highest BCUT2D eigenvalue weighted by atomic mass is 16.4. The fraction of sp³-hybridized carbons (Fsp3) is 0.846. The van der Waals surface area contributed by atoms with E-state index in [9.17, 15) is 14.7 Å². The van der Waals surface area contributed by atoms with E-state index in [2.05, 4.69) is 5.32 Å². The predicted molar refractivity (Wildman–Crippen MR) is 64.8 cm³/mol. The SMILES string of the molecule is CC1(C)C(O)CC1NC(=O)[C@@H]1CC[C@H](C(=O)O)C1. The van der Waals surface area contributed by atoms with E-state index in [1.807, 2.05) is 13.8 Å². The Morgan fingerprint density at radius 3 is 2.22 bits per heavy atom. The largest absolute Gasteiger partial charge is 0.481 e. The lowest BCUT2D eigenvalue weighted by molar-refractivity contribution is -0.141. The Balaban J connectivity index is 1.85. The van der Waals surface area contributed by atoms with Gasteiger partial charge in [0.05, 0.1) is 12.0 Å². The minimum Gasteiger partial charge on any atom is -0.481 e. The van der Waals surface area contributed by atoms with Gasteiger partial charge in [0.1, 0.15) is 0 Å². The van der Waals surface area contributed by atoms with Crippen LogP contribution in [0.25, 0.3) is 0 Å². The summed E-state index contributed by atoms with van der Waals surface area (Å²) >= 11 is 0. The summed E-state index contributed by atoms with van der Waals surface area (Å²) in [6.07, 6.45) is 1.91. The van der Waals surface area contributed by atoms with E-state index in [4.69, 9.17) is 5.11 Å². The van der Waals surface area contributed by atoms with E-state index in [1.165, 1.54) is 0 Å². The lowest BCUT2D eigenvalue weighted by Gasteiger charge is -2.49. The summed E-state index contributed by atoms with van der Waals surface area (Å²) in [6.45, 7) is 3.86. The van der Waals surface area contributed by atoms with Crippen molar-refractivity contribution >= 4 is 11.9 Å². The second-order valence-corrected chi connectivity index (χ2v) is 6.18. The van der Waals surface area contributed by atoms with Crippen molar-refractivity contribution in [1.82, 2.24) is 5.32 Å². The zero-order valence-corrected chi connectivity index (χ0v) is 10.8. The van der Waals surface area contributed by atoms with Crippen molar-refractivity contribution in [2.45, 2.75) is 51.7 Å². The van der Waals surface area contributed by atoms with Gasteiger partial charge in [0.15, 0.2) is 0 Å². The third-order valence-corrected chi connectivity index (χ3v) is 4.69. The van der Waals surface area contributed by atoms with Gasteiger partial charge in [0, 0.05) is 17.4 Å². The molecule has 2 aliphatic rings. The summed E-state index contributed by atoms with van der Waals surface area (Å²) in [4.78, 5) is 22.9. The maximum Gasteiger partial charge on any atom is 0.306 e. The number of carboxylic acids is 1. The zero-order chi connectivity index (χ0) is 13.5. The molecule has 4 atom stereocenters. The Morgan fingerprint density at radius 1 is 1.17 bits per heavy atom. The van der Waals surface area contributed by atoms with Crippen LogP contribution in [0.5, 0.6) is 0 Å². The van der Waals surface area contributed by atoms with Crippen LogP contribution in [0.4, 0.5) is 0 Å². The number of hydrogen-bond donors (Lipinski definition) is 3. The molecule has 2 aliphatic carbocycles. The summed E-state index contributed by atoms with van der Waals surface area (Å²) in [5, 5.41) is 21.5. The molecule has 0 aromatic rings. The highest BCUT2D eigenvalue weighted by Gasteiger charge is 2.48. The number of carboxylic acid groups (broad SMARTS) is 1. The Kier molecular flexibility index (Phi) is 3.36. The first-order chi connectivity index (χ1) is 8.32. The quantitative estimate of drug-likeness (QED) is 0.695. The van der Waals surface area contributed by atoms with Crippen molar-refractivity contribution in [3.05, 3.63) is 0 Å². The van der Waals surface area contributed by atoms with E-state index in [-0.39, 0.29) is 35.3 Å². The monoisotopic (exact) mass is 255 g/mol. The molecule has 0 aliphatic heterocycles. The van der Waals surface area contributed by atoms with Crippen molar-refractivity contribution in [1.29, 1.82) is 0 Å². The first-order valence-electron chi connectivity index (χ1n) is 6.53. The van der Waals surface area contributed by atoms with E-state index in [0.29, 0.717) is 25.7 Å². The maximum absolute atomic E-state index is 12.0. The molecule has 5 nitrogen and oxygen atoms in total. The average molecular weight is 255 g/mol. The number of rotatable bonds is 3. The van der Waals surface area contributed by atoms with Crippen LogP contribution in [0, 0.1) is 17.3 Å². The molecular formula is C13H21NO4. The van der Waals surface area contributed by atoms with Gasteiger partial charge in [-0.15, -0.1) is 0 Å². The van der Waals surface area contributed by atoms with Crippen LogP contribution in [0.2, 0.25) is 0 Å². The van der Waals surface area contributed by atoms with E-state index in [0.717, 1.165) is 0 Å². The molecule has 102 valence electrons. The number of aliphatic carboxylic acids is 1. The van der Waals surface area contributed by atoms with Crippen LogP contribution in [0.1, 0.15) is 39.5 Å². The van der Waals surface area contributed by atoms with Crippen molar-refractivity contribution in [3.8, 4) is 0 Å². The van der Waals surface area contributed by atoms with Gasteiger partial charge in [-0.1, -0.05) is 13.8 Å². The second-order valence-electron chi connectivity index (χ2n) is 6.18. The number of nitrogens with one attached hydrogen (secondary N) is 1. The molecule has 0 heterocycles. The lowest BCUT2D eigenvalue weighted by atomic mass is 9.64. The van der Waals surface area contributed by atoms with Gasteiger partial charge in [-0.05, 0) is 25.7 Å². The molecule has 2 rings (SSSR count). The topological polar surface area (TPSA) is 86.6 Å². The molecule has 0 saturated heterocycles. The number of amides is 1. The van der Waals surface area contributed by atoms with Gasteiger partial charge in [-0.25, -0.2) is 0 Å². The number of carbonyl (C=O) groups is 2. The Labute approximate surface area is 107 Å². The normalized spacial score (nSPS) is 37.9. The number of hydrogen-bond acceptors (Lipinski definition) is 3. The minimum atomic E-state index is -0.801. The van der Waals surface area contributed by atoms with Crippen LogP contribution in [-0.2, 0) is 9.59 Å².